The molecule has 126 valence electrons. The number of anilines is 1. The number of aromatic nitrogens is 1. The Balaban J connectivity index is 1.65. The van der Waals surface area contributed by atoms with E-state index >= 15 is 0 Å². The van der Waals surface area contributed by atoms with E-state index in [0.717, 1.165) is 23.5 Å². The number of methoxy groups -OCH3 is 2. The van der Waals surface area contributed by atoms with Crippen molar-refractivity contribution >= 4 is 22.4 Å². The van der Waals surface area contributed by atoms with E-state index in [4.69, 9.17) is 14.2 Å². The third-order valence-corrected chi connectivity index (χ3v) is 5.48. The van der Waals surface area contributed by atoms with Crippen LogP contribution in [0.15, 0.2) is 12.1 Å². The van der Waals surface area contributed by atoms with Crippen molar-refractivity contribution in [3.8, 4) is 11.5 Å². The molecule has 1 atom stereocenters. The van der Waals surface area contributed by atoms with Crippen molar-refractivity contribution in [2.45, 2.75) is 31.9 Å². The molecule has 1 N–H and O–H groups in total. The fourth-order valence-electron chi connectivity index (χ4n) is 3.23. The maximum Gasteiger partial charge on any atom is 0.344 e. The lowest BCUT2D eigenvalue weighted by molar-refractivity contribution is 0.0435. The van der Waals surface area contributed by atoms with Gasteiger partial charge in [-0.15, -0.1) is 11.3 Å². The lowest BCUT2D eigenvalue weighted by atomic mass is 10.0. The number of carbonyl (C=O) groups excluding carboxylic acids is 1. The molecule has 2 aromatic rings. The molecule has 1 aliphatic carbocycles. The third-order valence-electron chi connectivity index (χ3n) is 4.39. The summed E-state index contributed by atoms with van der Waals surface area (Å²) in [5, 5.41) is 4.04. The molecular weight excluding hydrogens is 328 g/mol. The number of ether oxygens (including phenoxy) is 3. The monoisotopic (exact) mass is 346 g/mol. The summed E-state index contributed by atoms with van der Waals surface area (Å²) >= 11 is 1.65. The number of benzene rings is 1. The Hall–Kier alpha value is -2.28. The maximum absolute atomic E-state index is 12.3. The zero-order chi connectivity index (χ0) is 16.7. The highest BCUT2D eigenvalue weighted by molar-refractivity contribution is 7.15. The van der Waals surface area contributed by atoms with Gasteiger partial charge in [-0.25, -0.2) is 9.78 Å². The van der Waals surface area contributed by atoms with Crippen LogP contribution in [0.2, 0.25) is 0 Å². The smallest absolute Gasteiger partial charge is 0.344 e. The molecule has 4 rings (SSSR count). The van der Waals surface area contributed by atoms with E-state index in [1.165, 1.54) is 30.5 Å². The van der Waals surface area contributed by atoms with Gasteiger partial charge in [-0.2, -0.15) is 0 Å². The third kappa shape index (κ3) is 2.39. The molecule has 1 aliphatic heterocycles. The summed E-state index contributed by atoms with van der Waals surface area (Å²) in [4.78, 5) is 18.3. The fraction of sp³-hybridized carbons (Fsp3) is 0.412. The van der Waals surface area contributed by atoms with Gasteiger partial charge in [0, 0.05) is 10.4 Å². The zero-order valence-electron chi connectivity index (χ0n) is 13.5. The Bertz CT molecular complexity index is 779. The van der Waals surface area contributed by atoms with Crippen LogP contribution in [0.5, 0.6) is 11.5 Å². The lowest BCUT2D eigenvalue weighted by Crippen LogP contribution is -2.10. The average Bonchev–Trinajstić information content (AvgIpc) is 3.15. The normalized spacial score (nSPS) is 18.6. The minimum absolute atomic E-state index is 0.405. The summed E-state index contributed by atoms with van der Waals surface area (Å²) in [6, 6.07) is 3.61. The maximum atomic E-state index is 12.3. The van der Waals surface area contributed by atoms with Gasteiger partial charge in [0.05, 0.1) is 19.9 Å². The summed E-state index contributed by atoms with van der Waals surface area (Å²) in [7, 11) is 3.06. The Morgan fingerprint density at radius 1 is 1.25 bits per heavy atom. The molecule has 0 unspecified atom stereocenters. The van der Waals surface area contributed by atoms with Crippen LogP contribution in [0.1, 0.15) is 45.6 Å². The zero-order valence-corrected chi connectivity index (χ0v) is 14.4. The van der Waals surface area contributed by atoms with Crippen molar-refractivity contribution in [1.82, 2.24) is 4.98 Å². The van der Waals surface area contributed by atoms with Crippen LogP contribution in [-0.2, 0) is 17.6 Å². The number of cyclic esters (lactones) is 1. The number of nitrogens with one attached hydrogen (secondary N) is 1. The van der Waals surface area contributed by atoms with Gasteiger partial charge in [-0.3, -0.25) is 0 Å². The van der Waals surface area contributed by atoms with E-state index in [1.807, 2.05) is 6.07 Å². The average molecular weight is 346 g/mol. The predicted molar refractivity (Wildman–Crippen MR) is 90.1 cm³/mol. The molecule has 0 saturated heterocycles. The van der Waals surface area contributed by atoms with Gasteiger partial charge in [0.1, 0.15) is 5.56 Å². The molecule has 24 heavy (non-hydrogen) atoms. The first-order valence-corrected chi connectivity index (χ1v) is 8.74. The molecule has 2 heterocycles. The second-order valence-electron chi connectivity index (χ2n) is 5.79. The minimum Gasteiger partial charge on any atom is -0.493 e. The molecular formula is C17H18N2O4S. The largest absolute Gasteiger partial charge is 0.493 e. The molecule has 6 nitrogen and oxygen atoms in total. The quantitative estimate of drug-likeness (QED) is 0.857. The van der Waals surface area contributed by atoms with Gasteiger partial charge in [-0.05, 0) is 37.8 Å². The second-order valence-corrected chi connectivity index (χ2v) is 6.87. The molecule has 7 heteroatoms. The van der Waals surface area contributed by atoms with Crippen molar-refractivity contribution in [3.63, 3.8) is 0 Å². The highest BCUT2D eigenvalue weighted by Crippen LogP contribution is 2.42. The second kappa shape index (κ2) is 5.98. The van der Waals surface area contributed by atoms with Crippen LogP contribution in [0, 0.1) is 0 Å². The van der Waals surface area contributed by atoms with Crippen LogP contribution in [0.3, 0.4) is 0 Å². The van der Waals surface area contributed by atoms with Gasteiger partial charge < -0.3 is 19.5 Å². The Labute approximate surface area is 143 Å². The van der Waals surface area contributed by atoms with Crippen molar-refractivity contribution in [1.29, 1.82) is 0 Å². The summed E-state index contributed by atoms with van der Waals surface area (Å²) in [6.45, 7) is 0. The number of fused-ring (bicyclic) bond motifs is 2. The number of nitrogens with zero attached hydrogens (tertiary/aromatic N) is 1. The van der Waals surface area contributed by atoms with Crippen LogP contribution in [0.25, 0.3) is 0 Å². The molecule has 1 aromatic heterocycles. The highest BCUT2D eigenvalue weighted by Gasteiger charge is 2.36. The number of hydrogen-bond acceptors (Lipinski definition) is 7. The summed E-state index contributed by atoms with van der Waals surface area (Å²) < 4.78 is 16.1. The van der Waals surface area contributed by atoms with Crippen LogP contribution in [-0.4, -0.2) is 25.2 Å². The molecule has 2 aliphatic rings. The summed E-state index contributed by atoms with van der Waals surface area (Å²) in [5.74, 6) is 0.501. The highest BCUT2D eigenvalue weighted by atomic mass is 32.1. The van der Waals surface area contributed by atoms with Gasteiger partial charge in [0.25, 0.3) is 0 Å². The first-order chi connectivity index (χ1) is 11.7. The Morgan fingerprint density at radius 2 is 2.08 bits per heavy atom. The van der Waals surface area contributed by atoms with Gasteiger partial charge in [0.2, 0.25) is 6.23 Å². The first-order valence-electron chi connectivity index (χ1n) is 7.92. The Kier molecular flexibility index (Phi) is 3.80. The minimum atomic E-state index is -0.556. The van der Waals surface area contributed by atoms with Crippen molar-refractivity contribution < 1.29 is 19.0 Å². The summed E-state index contributed by atoms with van der Waals surface area (Å²) in [5.41, 5.74) is 2.33. The number of aryl methyl sites for hydroxylation is 2. The number of carbonyl (C=O) groups is 1. The molecule has 0 radical (unpaired) electrons. The topological polar surface area (TPSA) is 69.7 Å². The van der Waals surface area contributed by atoms with E-state index in [9.17, 15) is 4.79 Å². The molecule has 1 aromatic carbocycles. The molecule has 0 saturated carbocycles. The lowest BCUT2D eigenvalue weighted by Gasteiger charge is -2.13. The molecule has 0 fully saturated rings. The van der Waals surface area contributed by atoms with Gasteiger partial charge in [-0.1, -0.05) is 0 Å². The van der Waals surface area contributed by atoms with Crippen molar-refractivity contribution in [2.24, 2.45) is 0 Å². The number of thiazole rings is 1. The summed E-state index contributed by atoms with van der Waals surface area (Å²) in [6.07, 6.45) is 3.96. The Morgan fingerprint density at radius 3 is 2.83 bits per heavy atom. The van der Waals surface area contributed by atoms with E-state index in [2.05, 4.69) is 10.3 Å². The molecule has 0 spiro atoms. The van der Waals surface area contributed by atoms with E-state index in [0.29, 0.717) is 17.1 Å². The van der Waals surface area contributed by atoms with Gasteiger partial charge >= 0.3 is 5.97 Å². The van der Waals surface area contributed by atoms with Crippen LogP contribution >= 0.6 is 11.3 Å². The number of hydrogen-bond donors (Lipinski definition) is 1. The standard InChI is InChI=1S/C17H18N2O4S/c1-21-11-8-7-9-13(14(11)22-2)16(20)23-15(9)19-17-18-10-5-3-4-6-12(10)24-17/h7-8,15H,3-6H2,1-2H3,(H,18,19)/t15-/m0/s1. The number of esters is 1. The predicted octanol–water partition coefficient (Wildman–Crippen LogP) is 3.32. The van der Waals surface area contributed by atoms with Crippen LogP contribution in [0.4, 0.5) is 5.13 Å². The SMILES string of the molecule is COc1ccc2c(c1OC)C(=O)O[C@@H]2Nc1nc2c(s1)CCCC2. The molecule has 0 amide bonds. The van der Waals surface area contributed by atoms with Gasteiger partial charge in [0.15, 0.2) is 16.6 Å². The first kappa shape index (κ1) is 15.3. The van der Waals surface area contributed by atoms with Crippen LogP contribution < -0.4 is 14.8 Å². The molecule has 0 bridgehead atoms. The fourth-order valence-corrected chi connectivity index (χ4v) is 4.30. The van der Waals surface area contributed by atoms with Crippen molar-refractivity contribution in [2.75, 3.05) is 19.5 Å². The van der Waals surface area contributed by atoms with E-state index in [1.54, 1.807) is 24.5 Å². The number of rotatable bonds is 4. The van der Waals surface area contributed by atoms with E-state index in [-0.39, 0.29) is 0 Å². The van der Waals surface area contributed by atoms with Crippen molar-refractivity contribution in [3.05, 3.63) is 33.8 Å². The van der Waals surface area contributed by atoms with E-state index < -0.39 is 12.2 Å².